The number of aryl methyl sites for hydroxylation is 2. The Morgan fingerprint density at radius 2 is 1.96 bits per heavy atom. The first-order valence-electron chi connectivity index (χ1n) is 8.19. The molecule has 3 rings (SSSR count). The Balaban J connectivity index is 1.79. The second kappa shape index (κ2) is 7.11. The van der Waals surface area contributed by atoms with Gasteiger partial charge in [0.2, 0.25) is 10.0 Å². The van der Waals surface area contributed by atoms with Crippen molar-refractivity contribution in [3.05, 3.63) is 59.8 Å². The third kappa shape index (κ3) is 3.60. The lowest BCUT2D eigenvalue weighted by molar-refractivity contribution is 0.182. The van der Waals surface area contributed by atoms with Crippen LogP contribution in [-0.4, -0.2) is 31.7 Å². The Morgan fingerprint density at radius 3 is 2.69 bits per heavy atom. The molecular formula is C19H22N2O4S. The molecule has 0 fully saturated rings. The number of aromatic nitrogens is 1. The fourth-order valence-electron chi connectivity index (χ4n) is 2.89. The van der Waals surface area contributed by atoms with Gasteiger partial charge in [-0.05, 0) is 53.8 Å². The van der Waals surface area contributed by atoms with Crippen molar-refractivity contribution in [1.29, 1.82) is 0 Å². The smallest absolute Gasteiger partial charge is 0.244 e. The number of aliphatic hydroxyl groups excluding tert-OH is 1. The van der Waals surface area contributed by atoms with Crippen molar-refractivity contribution >= 4 is 20.9 Å². The zero-order valence-corrected chi connectivity index (χ0v) is 15.7. The molecule has 0 saturated heterocycles. The Bertz CT molecular complexity index is 1040. The normalized spacial score (nSPS) is 13.1. The average Bonchev–Trinajstić information content (AvgIpc) is 3.00. The molecule has 1 unspecified atom stereocenters. The first kappa shape index (κ1) is 18.4. The lowest BCUT2D eigenvalue weighted by atomic mass is 10.1. The Labute approximate surface area is 153 Å². The summed E-state index contributed by atoms with van der Waals surface area (Å²) in [5.74, 6) is 0.267. The number of fused-ring (bicyclic) bond motifs is 1. The van der Waals surface area contributed by atoms with E-state index >= 15 is 0 Å². The van der Waals surface area contributed by atoms with Crippen molar-refractivity contribution < 1.29 is 18.3 Å². The summed E-state index contributed by atoms with van der Waals surface area (Å²) >= 11 is 0. The quantitative estimate of drug-likeness (QED) is 0.695. The molecule has 0 aliphatic heterocycles. The minimum absolute atomic E-state index is 0.0608. The molecule has 0 radical (unpaired) electrons. The van der Waals surface area contributed by atoms with Gasteiger partial charge in [-0.15, -0.1) is 0 Å². The van der Waals surface area contributed by atoms with Crippen molar-refractivity contribution in [1.82, 2.24) is 9.29 Å². The van der Waals surface area contributed by atoms with Gasteiger partial charge in [-0.3, -0.25) is 0 Å². The fourth-order valence-corrected chi connectivity index (χ4v) is 4.18. The van der Waals surface area contributed by atoms with E-state index in [-0.39, 0.29) is 17.2 Å². The zero-order valence-electron chi connectivity index (χ0n) is 14.9. The molecule has 26 heavy (non-hydrogen) atoms. The summed E-state index contributed by atoms with van der Waals surface area (Å²) in [6.07, 6.45) is 0.985. The SMILES string of the molecule is COc1ccc(C)cc1S(=O)(=O)NCC(O)c1ccc2c(ccn2C)c1. The van der Waals surface area contributed by atoms with E-state index in [2.05, 4.69) is 4.72 Å². The van der Waals surface area contributed by atoms with Gasteiger partial charge in [-0.25, -0.2) is 13.1 Å². The standard InChI is InChI=1S/C19H22N2O4S/c1-13-4-7-18(25-3)19(10-13)26(23,24)20-12-17(22)15-5-6-16-14(11-15)8-9-21(16)2/h4-11,17,20,22H,12H2,1-3H3. The molecule has 2 aromatic carbocycles. The average molecular weight is 374 g/mol. The molecule has 0 saturated carbocycles. The van der Waals surface area contributed by atoms with Crippen LogP contribution in [0.4, 0.5) is 0 Å². The van der Waals surface area contributed by atoms with Crippen molar-refractivity contribution in [2.24, 2.45) is 7.05 Å². The monoisotopic (exact) mass is 374 g/mol. The zero-order chi connectivity index (χ0) is 18.9. The van der Waals surface area contributed by atoms with Gasteiger partial charge in [0.1, 0.15) is 10.6 Å². The maximum atomic E-state index is 12.6. The van der Waals surface area contributed by atoms with Crippen LogP contribution in [-0.2, 0) is 17.1 Å². The van der Waals surface area contributed by atoms with Crippen molar-refractivity contribution in [2.45, 2.75) is 17.9 Å². The predicted octanol–water partition coefficient (Wildman–Crippen LogP) is 2.51. The van der Waals surface area contributed by atoms with E-state index in [1.54, 1.807) is 24.3 Å². The molecule has 1 aromatic heterocycles. The van der Waals surface area contributed by atoms with E-state index in [1.807, 2.05) is 42.9 Å². The number of ether oxygens (including phenoxy) is 1. The lowest BCUT2D eigenvalue weighted by Gasteiger charge is -2.15. The largest absolute Gasteiger partial charge is 0.495 e. The van der Waals surface area contributed by atoms with E-state index in [4.69, 9.17) is 4.74 Å². The van der Waals surface area contributed by atoms with Crippen LogP contribution < -0.4 is 9.46 Å². The van der Waals surface area contributed by atoms with Crippen LogP contribution in [0.2, 0.25) is 0 Å². The number of sulfonamides is 1. The first-order valence-corrected chi connectivity index (χ1v) is 9.67. The highest BCUT2D eigenvalue weighted by atomic mass is 32.2. The molecule has 1 atom stereocenters. The molecule has 6 nitrogen and oxygen atoms in total. The predicted molar refractivity (Wildman–Crippen MR) is 101 cm³/mol. The van der Waals surface area contributed by atoms with Crippen LogP contribution in [0.5, 0.6) is 5.75 Å². The topological polar surface area (TPSA) is 80.6 Å². The maximum Gasteiger partial charge on any atom is 0.244 e. The molecule has 3 aromatic rings. The molecule has 2 N–H and O–H groups in total. The highest BCUT2D eigenvalue weighted by Gasteiger charge is 2.21. The van der Waals surface area contributed by atoms with Gasteiger partial charge in [-0.1, -0.05) is 12.1 Å². The molecule has 0 spiro atoms. The number of rotatable bonds is 6. The number of hydrogen-bond acceptors (Lipinski definition) is 4. The Kier molecular flexibility index (Phi) is 5.04. The third-order valence-corrected chi connectivity index (χ3v) is 5.81. The van der Waals surface area contributed by atoms with Crippen LogP contribution >= 0.6 is 0 Å². The highest BCUT2D eigenvalue weighted by Crippen LogP contribution is 2.25. The molecule has 138 valence electrons. The number of benzene rings is 2. The lowest BCUT2D eigenvalue weighted by Crippen LogP contribution is -2.29. The molecular weight excluding hydrogens is 352 g/mol. The van der Waals surface area contributed by atoms with Crippen LogP contribution in [0.15, 0.2) is 53.6 Å². The summed E-state index contributed by atoms with van der Waals surface area (Å²) in [5.41, 5.74) is 2.51. The van der Waals surface area contributed by atoms with E-state index in [0.717, 1.165) is 16.5 Å². The number of aliphatic hydroxyl groups is 1. The highest BCUT2D eigenvalue weighted by molar-refractivity contribution is 7.89. The summed E-state index contributed by atoms with van der Waals surface area (Å²) in [7, 11) is -0.436. The van der Waals surface area contributed by atoms with Gasteiger partial charge in [0.15, 0.2) is 0 Å². The number of nitrogens with zero attached hydrogens (tertiary/aromatic N) is 1. The minimum atomic E-state index is -3.81. The molecule has 0 aliphatic rings. The van der Waals surface area contributed by atoms with E-state index in [0.29, 0.717) is 5.56 Å². The summed E-state index contributed by atoms with van der Waals surface area (Å²) in [6.45, 7) is 1.68. The van der Waals surface area contributed by atoms with Gasteiger partial charge in [0, 0.05) is 25.3 Å². The van der Waals surface area contributed by atoms with Gasteiger partial charge in [0.05, 0.1) is 13.2 Å². The number of methoxy groups -OCH3 is 1. The number of hydrogen-bond donors (Lipinski definition) is 2. The Hall–Kier alpha value is -2.35. The van der Waals surface area contributed by atoms with Gasteiger partial charge in [0.25, 0.3) is 0 Å². The van der Waals surface area contributed by atoms with Gasteiger partial charge < -0.3 is 14.4 Å². The minimum Gasteiger partial charge on any atom is -0.495 e. The van der Waals surface area contributed by atoms with Crippen molar-refractivity contribution in [2.75, 3.05) is 13.7 Å². The van der Waals surface area contributed by atoms with E-state index in [1.165, 1.54) is 7.11 Å². The second-order valence-corrected chi connectivity index (χ2v) is 8.00. The summed E-state index contributed by atoms with van der Waals surface area (Å²) < 4.78 is 34.8. The summed E-state index contributed by atoms with van der Waals surface area (Å²) in [4.78, 5) is 0.0608. The van der Waals surface area contributed by atoms with E-state index < -0.39 is 16.1 Å². The van der Waals surface area contributed by atoms with E-state index in [9.17, 15) is 13.5 Å². The van der Waals surface area contributed by atoms with Crippen LogP contribution in [0.3, 0.4) is 0 Å². The van der Waals surface area contributed by atoms with Crippen LogP contribution in [0, 0.1) is 6.92 Å². The third-order valence-electron chi connectivity index (χ3n) is 4.37. The first-order chi connectivity index (χ1) is 12.3. The van der Waals surface area contributed by atoms with Crippen LogP contribution in [0.25, 0.3) is 10.9 Å². The molecule has 0 aliphatic carbocycles. The second-order valence-electron chi connectivity index (χ2n) is 6.27. The molecule has 0 amide bonds. The van der Waals surface area contributed by atoms with Gasteiger partial charge in [-0.2, -0.15) is 0 Å². The Morgan fingerprint density at radius 1 is 1.19 bits per heavy atom. The molecule has 7 heteroatoms. The van der Waals surface area contributed by atoms with Crippen molar-refractivity contribution in [3.8, 4) is 5.75 Å². The van der Waals surface area contributed by atoms with Crippen LogP contribution in [0.1, 0.15) is 17.2 Å². The number of nitrogens with one attached hydrogen (secondary N) is 1. The maximum absolute atomic E-state index is 12.6. The molecule has 1 heterocycles. The fraction of sp³-hybridized carbons (Fsp3) is 0.263. The molecule has 0 bridgehead atoms. The van der Waals surface area contributed by atoms with Gasteiger partial charge >= 0.3 is 0 Å². The van der Waals surface area contributed by atoms with Crippen molar-refractivity contribution in [3.63, 3.8) is 0 Å². The summed E-state index contributed by atoms with van der Waals surface area (Å²) in [5, 5.41) is 11.4. The summed E-state index contributed by atoms with van der Waals surface area (Å²) in [6, 6.07) is 12.5.